The Morgan fingerprint density at radius 3 is 2.34 bits per heavy atom. The van der Waals surface area contributed by atoms with Crippen LogP contribution in [0.5, 0.6) is 0 Å². The van der Waals surface area contributed by atoms with Gasteiger partial charge in [-0.1, -0.05) is 64.1 Å². The summed E-state index contributed by atoms with van der Waals surface area (Å²) in [6, 6.07) is 12.4. The molecule has 0 saturated heterocycles. The van der Waals surface area contributed by atoms with Crippen molar-refractivity contribution in [2.45, 2.75) is 66.3 Å². The van der Waals surface area contributed by atoms with Crippen LogP contribution in [0.3, 0.4) is 0 Å². The number of carboxylic acid groups (broad SMARTS) is 1. The predicted molar refractivity (Wildman–Crippen MR) is 160 cm³/mol. The topological polar surface area (TPSA) is 95.5 Å². The number of amides is 2. The number of hydrogen-bond donors (Lipinski definition) is 3. The van der Waals surface area contributed by atoms with Crippen LogP contribution in [-0.4, -0.2) is 66.3 Å². The first-order valence-corrected chi connectivity index (χ1v) is 14.3. The molecule has 2 aromatic carbocycles. The van der Waals surface area contributed by atoms with Crippen molar-refractivity contribution < 1.29 is 19.5 Å². The van der Waals surface area contributed by atoms with Crippen LogP contribution in [0, 0.1) is 18.3 Å². The third-order valence-corrected chi connectivity index (χ3v) is 6.99. The molecule has 1 atom stereocenters. The number of thioether (sulfide) groups is 1. The van der Waals surface area contributed by atoms with Gasteiger partial charge in [-0.15, -0.1) is 0 Å². The normalized spacial score (nSPS) is 12.0. The van der Waals surface area contributed by atoms with Crippen LogP contribution in [0.25, 0.3) is 11.1 Å². The summed E-state index contributed by atoms with van der Waals surface area (Å²) in [7, 11) is 0. The summed E-state index contributed by atoms with van der Waals surface area (Å²) in [6.45, 7) is 11.3. The maximum atomic E-state index is 13.2. The molecule has 2 amide bonds. The van der Waals surface area contributed by atoms with Crippen molar-refractivity contribution in [2.75, 3.05) is 18.6 Å². The van der Waals surface area contributed by atoms with Crippen molar-refractivity contribution >= 4 is 48.4 Å². The Morgan fingerprint density at radius 1 is 1.05 bits per heavy atom. The molecule has 2 aromatic rings. The Hall–Kier alpha value is -2.20. The van der Waals surface area contributed by atoms with Gasteiger partial charge < -0.3 is 15.7 Å². The summed E-state index contributed by atoms with van der Waals surface area (Å²) < 4.78 is 0. The summed E-state index contributed by atoms with van der Waals surface area (Å²) in [5, 5.41) is 15.3. The molecule has 0 bridgehead atoms. The number of carboxylic acids is 1. The molecule has 6 nitrogen and oxygen atoms in total. The average molecular weight is 535 g/mol. The Bertz CT molecular complexity index is 1090. The van der Waals surface area contributed by atoms with E-state index in [-0.39, 0.29) is 30.2 Å². The van der Waals surface area contributed by atoms with Crippen molar-refractivity contribution in [1.29, 1.82) is 0 Å². The molecule has 0 aromatic heterocycles. The van der Waals surface area contributed by atoms with E-state index in [0.717, 1.165) is 28.7 Å². The van der Waals surface area contributed by atoms with Crippen molar-refractivity contribution in [3.8, 4) is 11.1 Å². The van der Waals surface area contributed by atoms with E-state index in [9.17, 15) is 19.5 Å². The van der Waals surface area contributed by atoms with Gasteiger partial charge in [0.25, 0.3) is 5.91 Å². The molecule has 0 aliphatic heterocycles. The minimum absolute atomic E-state index is 0. The summed E-state index contributed by atoms with van der Waals surface area (Å²) in [5.41, 5.74) is 4.07. The van der Waals surface area contributed by atoms with Crippen molar-refractivity contribution in [1.82, 2.24) is 10.6 Å². The number of benzene rings is 2. The number of carbonyl (C=O) groups excluding carboxylic acids is 2. The first-order chi connectivity index (χ1) is 17.4. The Labute approximate surface area is 244 Å². The number of carbonyl (C=O) groups is 3. The number of nitrogens with one attached hydrogen (secondary N) is 2. The van der Waals surface area contributed by atoms with Crippen LogP contribution in [0.2, 0.25) is 0 Å². The molecule has 0 fully saturated rings. The van der Waals surface area contributed by atoms with Gasteiger partial charge >= 0.3 is 24.8 Å². The first kappa shape index (κ1) is 33.8. The molecule has 0 radical (unpaired) electrons. The second-order valence-electron chi connectivity index (χ2n) is 10.9. The molecular formula is C30H43LiN2O4S. The van der Waals surface area contributed by atoms with Crippen LogP contribution in [-0.2, 0) is 16.0 Å². The van der Waals surface area contributed by atoms with Gasteiger partial charge in [0.1, 0.15) is 6.04 Å². The summed E-state index contributed by atoms with van der Waals surface area (Å²) in [4.78, 5) is 37.5. The van der Waals surface area contributed by atoms with E-state index in [1.807, 2.05) is 49.6 Å². The van der Waals surface area contributed by atoms with Crippen molar-refractivity contribution in [3.63, 3.8) is 0 Å². The van der Waals surface area contributed by atoms with Gasteiger partial charge in [0.2, 0.25) is 5.91 Å². The van der Waals surface area contributed by atoms with Crippen LogP contribution >= 0.6 is 11.8 Å². The maximum absolute atomic E-state index is 13.2. The summed E-state index contributed by atoms with van der Waals surface area (Å²) in [6.07, 6.45) is 4.19. The zero-order valence-electron chi connectivity index (χ0n) is 23.0. The third kappa shape index (κ3) is 10.9. The number of rotatable bonds is 14. The number of aryl methyl sites for hydroxylation is 2. The van der Waals surface area contributed by atoms with Gasteiger partial charge in [0, 0.05) is 18.5 Å². The van der Waals surface area contributed by atoms with Crippen molar-refractivity contribution in [2.24, 2.45) is 11.3 Å². The summed E-state index contributed by atoms with van der Waals surface area (Å²) >= 11 is 1.54. The molecule has 0 spiro atoms. The molecule has 38 heavy (non-hydrogen) atoms. The van der Waals surface area contributed by atoms with Gasteiger partial charge in [-0.2, -0.15) is 11.8 Å². The zero-order chi connectivity index (χ0) is 27.6. The fourth-order valence-corrected chi connectivity index (χ4v) is 5.10. The minimum atomic E-state index is -1.04. The van der Waals surface area contributed by atoms with Crippen LogP contribution < -0.4 is 10.6 Å². The first-order valence-electron chi connectivity index (χ1n) is 12.9. The second kappa shape index (κ2) is 16.0. The van der Waals surface area contributed by atoms with E-state index in [1.54, 1.807) is 17.8 Å². The molecule has 0 aliphatic carbocycles. The standard InChI is InChI=1S/C30H42N2O4S.Li.H/c1-20(2)18-30(4,5)19-31-27(33)14-12-22-11-13-24(25(17-22)23-10-8-7-9-21(23)3)28(34)32-26(29(35)36)15-16-37-6;;/h7-11,13,17,20,26H,12,14-16,18-19H2,1-6H3,(H,31,33)(H,32,34)(H,35,36);;/t26-;;/m0../s1. The quantitative estimate of drug-likeness (QED) is 0.294. The molecule has 2 rings (SSSR count). The van der Waals surface area contributed by atoms with E-state index in [1.165, 1.54) is 0 Å². The van der Waals surface area contributed by atoms with E-state index >= 15 is 0 Å². The molecular weight excluding hydrogens is 491 g/mol. The van der Waals surface area contributed by atoms with Gasteiger partial charge in [-0.25, -0.2) is 4.79 Å². The summed E-state index contributed by atoms with van der Waals surface area (Å²) in [5.74, 6) is -0.243. The number of aliphatic carboxylic acids is 1. The number of hydrogen-bond acceptors (Lipinski definition) is 4. The van der Waals surface area contributed by atoms with Gasteiger partial charge in [-0.05, 0) is 77.8 Å². The molecule has 0 unspecified atom stereocenters. The van der Waals surface area contributed by atoms with Crippen LogP contribution in [0.4, 0.5) is 0 Å². The van der Waals surface area contributed by atoms with Gasteiger partial charge in [-0.3, -0.25) is 9.59 Å². The molecule has 8 heteroatoms. The SMILES string of the molecule is CSCC[C@H](NC(=O)c1ccc(CCC(=O)NCC(C)(C)CC(C)C)cc1-c1ccccc1C)C(=O)O.[LiH]. The average Bonchev–Trinajstić information content (AvgIpc) is 2.83. The second-order valence-corrected chi connectivity index (χ2v) is 11.9. The molecule has 204 valence electrons. The Morgan fingerprint density at radius 2 is 1.74 bits per heavy atom. The Kier molecular flexibility index (Phi) is 14.3. The zero-order valence-corrected chi connectivity index (χ0v) is 23.8. The predicted octanol–water partition coefficient (Wildman–Crippen LogP) is 5.07. The Balaban J connectivity index is 0.00000722. The third-order valence-electron chi connectivity index (χ3n) is 6.34. The van der Waals surface area contributed by atoms with E-state index in [4.69, 9.17) is 0 Å². The van der Waals surface area contributed by atoms with Gasteiger partial charge in [0.15, 0.2) is 0 Å². The molecule has 0 aliphatic rings. The van der Waals surface area contributed by atoms with Crippen LogP contribution in [0.15, 0.2) is 42.5 Å². The van der Waals surface area contributed by atoms with Crippen molar-refractivity contribution in [3.05, 3.63) is 59.2 Å². The monoisotopic (exact) mass is 534 g/mol. The van der Waals surface area contributed by atoms with E-state index in [2.05, 4.69) is 38.3 Å². The van der Waals surface area contributed by atoms with Gasteiger partial charge in [0.05, 0.1) is 0 Å². The van der Waals surface area contributed by atoms with Crippen LogP contribution in [0.1, 0.15) is 68.4 Å². The molecule has 0 saturated carbocycles. The molecule has 3 N–H and O–H groups in total. The van der Waals surface area contributed by atoms with E-state index in [0.29, 0.717) is 43.0 Å². The fraction of sp³-hybridized carbons (Fsp3) is 0.500. The molecule has 0 heterocycles. The van der Waals surface area contributed by atoms with E-state index < -0.39 is 17.9 Å². The fourth-order valence-electron chi connectivity index (χ4n) is 4.63.